The largest absolute Gasteiger partial charge is 0.497 e. The van der Waals surface area contributed by atoms with Crippen LogP contribution in [0.15, 0.2) is 58.2 Å². The lowest BCUT2D eigenvalue weighted by molar-refractivity contribution is 0.0530. The van der Waals surface area contributed by atoms with Gasteiger partial charge in [0.05, 0.1) is 25.3 Å². The molecule has 1 aromatic heterocycles. The van der Waals surface area contributed by atoms with Crippen LogP contribution in [0.2, 0.25) is 0 Å². The molecule has 2 aromatic carbocycles. The number of carbonyl (C=O) groups excluding carboxylic acids is 1. The summed E-state index contributed by atoms with van der Waals surface area (Å²) < 4.78 is 21.4. The van der Waals surface area contributed by atoms with Crippen molar-refractivity contribution in [3.8, 4) is 23.0 Å². The van der Waals surface area contributed by atoms with E-state index in [4.69, 9.17) is 18.6 Å². The average molecular weight is 386 g/mol. The third kappa shape index (κ3) is 4.79. The molecule has 8 heteroatoms. The molecule has 7 nitrogen and oxygen atoms in total. The van der Waals surface area contributed by atoms with Gasteiger partial charge in [0.2, 0.25) is 0 Å². The second-order valence-corrected chi connectivity index (χ2v) is 6.34. The SMILES string of the molecule is COc1ccc(-c2nnc(SCCOC(=O)c3ccccc3)o2)c(OC)c1. The Kier molecular flexibility index (Phi) is 6.32. The fourth-order valence-electron chi connectivity index (χ4n) is 2.27. The Bertz CT molecular complexity index is 898. The van der Waals surface area contributed by atoms with E-state index in [1.165, 1.54) is 11.8 Å². The molecule has 27 heavy (non-hydrogen) atoms. The minimum absolute atomic E-state index is 0.238. The van der Waals surface area contributed by atoms with Crippen molar-refractivity contribution < 1.29 is 23.4 Å². The highest BCUT2D eigenvalue weighted by Crippen LogP contribution is 2.33. The van der Waals surface area contributed by atoms with E-state index in [1.807, 2.05) is 6.07 Å². The first-order valence-corrected chi connectivity index (χ1v) is 9.10. The third-order valence-corrected chi connectivity index (χ3v) is 4.38. The number of ether oxygens (including phenoxy) is 3. The number of aromatic nitrogens is 2. The molecule has 0 atom stereocenters. The predicted molar refractivity (Wildman–Crippen MR) is 100 cm³/mol. The zero-order valence-electron chi connectivity index (χ0n) is 14.9. The van der Waals surface area contributed by atoms with Crippen LogP contribution in [-0.2, 0) is 4.74 Å². The number of rotatable bonds is 8. The smallest absolute Gasteiger partial charge is 0.338 e. The molecule has 0 saturated carbocycles. The van der Waals surface area contributed by atoms with Gasteiger partial charge in [-0.1, -0.05) is 30.0 Å². The molecule has 0 spiro atoms. The van der Waals surface area contributed by atoms with Gasteiger partial charge in [-0.25, -0.2) is 4.79 Å². The highest BCUT2D eigenvalue weighted by Gasteiger charge is 2.15. The van der Waals surface area contributed by atoms with Gasteiger partial charge in [-0.15, -0.1) is 10.2 Å². The average Bonchev–Trinajstić information content (AvgIpc) is 3.19. The van der Waals surface area contributed by atoms with Gasteiger partial charge >= 0.3 is 5.97 Å². The monoisotopic (exact) mass is 386 g/mol. The number of carbonyl (C=O) groups is 1. The third-order valence-electron chi connectivity index (χ3n) is 3.60. The summed E-state index contributed by atoms with van der Waals surface area (Å²) >= 11 is 1.31. The van der Waals surface area contributed by atoms with E-state index in [0.717, 1.165) is 0 Å². The lowest BCUT2D eigenvalue weighted by atomic mass is 10.2. The molecule has 0 aliphatic rings. The number of esters is 1. The minimum Gasteiger partial charge on any atom is -0.497 e. The summed E-state index contributed by atoms with van der Waals surface area (Å²) in [5.41, 5.74) is 1.20. The second kappa shape index (κ2) is 9.09. The van der Waals surface area contributed by atoms with Crippen LogP contribution in [0.5, 0.6) is 11.5 Å². The van der Waals surface area contributed by atoms with E-state index in [-0.39, 0.29) is 12.6 Å². The molecule has 0 radical (unpaired) electrons. The van der Waals surface area contributed by atoms with Crippen molar-refractivity contribution in [3.05, 3.63) is 54.1 Å². The molecule has 0 fully saturated rings. The topological polar surface area (TPSA) is 83.7 Å². The summed E-state index contributed by atoms with van der Waals surface area (Å²) in [5.74, 6) is 1.74. The predicted octanol–water partition coefficient (Wildman–Crippen LogP) is 3.70. The number of thioether (sulfide) groups is 1. The van der Waals surface area contributed by atoms with E-state index in [2.05, 4.69) is 10.2 Å². The molecule has 0 bridgehead atoms. The van der Waals surface area contributed by atoms with E-state index in [0.29, 0.717) is 39.5 Å². The van der Waals surface area contributed by atoms with Crippen molar-refractivity contribution in [2.75, 3.05) is 26.6 Å². The zero-order valence-corrected chi connectivity index (χ0v) is 15.7. The van der Waals surface area contributed by atoms with Gasteiger partial charge in [-0.05, 0) is 24.3 Å². The molecule has 0 saturated heterocycles. The number of nitrogens with zero attached hydrogens (tertiary/aromatic N) is 2. The molecule has 0 aliphatic heterocycles. The fourth-order valence-corrected chi connectivity index (χ4v) is 2.85. The van der Waals surface area contributed by atoms with E-state index in [1.54, 1.807) is 56.7 Å². The summed E-state index contributed by atoms with van der Waals surface area (Å²) in [4.78, 5) is 11.9. The number of hydrogen-bond acceptors (Lipinski definition) is 8. The quantitative estimate of drug-likeness (QED) is 0.329. The standard InChI is InChI=1S/C19H18N2O5S/c1-23-14-8-9-15(16(12-14)24-2)17-20-21-19(26-17)27-11-10-25-18(22)13-6-4-3-5-7-13/h3-9,12H,10-11H2,1-2H3. The van der Waals surface area contributed by atoms with Gasteiger partial charge in [0.1, 0.15) is 18.1 Å². The van der Waals surface area contributed by atoms with E-state index < -0.39 is 0 Å². The van der Waals surface area contributed by atoms with Gasteiger partial charge in [0, 0.05) is 11.8 Å². The highest BCUT2D eigenvalue weighted by atomic mass is 32.2. The maximum absolute atomic E-state index is 11.9. The lowest BCUT2D eigenvalue weighted by Crippen LogP contribution is -2.07. The number of benzene rings is 2. The van der Waals surface area contributed by atoms with Crippen LogP contribution in [0.25, 0.3) is 11.5 Å². The van der Waals surface area contributed by atoms with Crippen LogP contribution in [0.4, 0.5) is 0 Å². The van der Waals surface area contributed by atoms with E-state index in [9.17, 15) is 4.79 Å². The molecular weight excluding hydrogens is 368 g/mol. The van der Waals surface area contributed by atoms with Crippen LogP contribution < -0.4 is 9.47 Å². The van der Waals surface area contributed by atoms with Crippen molar-refractivity contribution in [2.24, 2.45) is 0 Å². The maximum Gasteiger partial charge on any atom is 0.338 e. The molecule has 0 amide bonds. The lowest BCUT2D eigenvalue weighted by Gasteiger charge is -2.07. The molecule has 0 aliphatic carbocycles. The van der Waals surface area contributed by atoms with Crippen LogP contribution in [-0.4, -0.2) is 42.7 Å². The first-order valence-electron chi connectivity index (χ1n) is 8.12. The molecule has 1 heterocycles. The summed E-state index contributed by atoms with van der Waals surface area (Å²) in [7, 11) is 3.14. The molecular formula is C19H18N2O5S. The Balaban J connectivity index is 1.55. The normalized spacial score (nSPS) is 10.4. The van der Waals surface area contributed by atoms with Crippen LogP contribution in [0.3, 0.4) is 0 Å². The Hall–Kier alpha value is -3.00. The number of hydrogen-bond donors (Lipinski definition) is 0. The van der Waals surface area contributed by atoms with Crippen molar-refractivity contribution in [1.29, 1.82) is 0 Å². The zero-order chi connectivity index (χ0) is 19.1. The Labute approximate surface area is 160 Å². The summed E-state index contributed by atoms with van der Waals surface area (Å²) in [5, 5.41) is 8.44. The first kappa shape index (κ1) is 18.8. The Morgan fingerprint density at radius 3 is 2.63 bits per heavy atom. The Morgan fingerprint density at radius 2 is 1.89 bits per heavy atom. The van der Waals surface area contributed by atoms with Crippen molar-refractivity contribution >= 4 is 17.7 Å². The van der Waals surface area contributed by atoms with Crippen LogP contribution in [0, 0.1) is 0 Å². The first-order chi connectivity index (χ1) is 13.2. The summed E-state index contributed by atoms with van der Waals surface area (Å²) in [6, 6.07) is 14.2. The van der Waals surface area contributed by atoms with Crippen LogP contribution >= 0.6 is 11.8 Å². The van der Waals surface area contributed by atoms with E-state index >= 15 is 0 Å². The van der Waals surface area contributed by atoms with Gasteiger partial charge in [-0.2, -0.15) is 0 Å². The molecule has 140 valence electrons. The molecule has 0 unspecified atom stereocenters. The minimum atomic E-state index is -0.356. The van der Waals surface area contributed by atoms with Gasteiger partial charge in [-0.3, -0.25) is 0 Å². The molecule has 3 rings (SSSR count). The van der Waals surface area contributed by atoms with Crippen molar-refractivity contribution in [1.82, 2.24) is 10.2 Å². The second-order valence-electron chi connectivity index (χ2n) is 5.29. The molecule has 3 aromatic rings. The fraction of sp³-hybridized carbons (Fsp3) is 0.211. The summed E-state index contributed by atoms with van der Waals surface area (Å²) in [6.45, 7) is 0.238. The van der Waals surface area contributed by atoms with Crippen molar-refractivity contribution in [2.45, 2.75) is 5.22 Å². The van der Waals surface area contributed by atoms with Gasteiger partial charge in [0.25, 0.3) is 11.1 Å². The summed E-state index contributed by atoms with van der Waals surface area (Å²) in [6.07, 6.45) is 0. The van der Waals surface area contributed by atoms with Gasteiger partial charge < -0.3 is 18.6 Å². The highest BCUT2D eigenvalue weighted by molar-refractivity contribution is 7.99. The van der Waals surface area contributed by atoms with Crippen molar-refractivity contribution in [3.63, 3.8) is 0 Å². The van der Waals surface area contributed by atoms with Gasteiger partial charge in [0.15, 0.2) is 0 Å². The Morgan fingerprint density at radius 1 is 1.07 bits per heavy atom. The van der Waals surface area contributed by atoms with Crippen LogP contribution in [0.1, 0.15) is 10.4 Å². The molecule has 0 N–H and O–H groups in total. The number of methoxy groups -OCH3 is 2. The maximum atomic E-state index is 11.9.